The Hall–Kier alpha value is -1.22. The zero-order valence-corrected chi connectivity index (χ0v) is 12.3. The van der Waals surface area contributed by atoms with Gasteiger partial charge in [-0.25, -0.2) is 4.79 Å². The number of hydrogen-bond donors (Lipinski definition) is 5. The van der Waals surface area contributed by atoms with Crippen molar-refractivity contribution in [3.63, 3.8) is 0 Å². The Labute approximate surface area is 118 Å². The van der Waals surface area contributed by atoms with Crippen LogP contribution in [-0.4, -0.2) is 65.2 Å². The molecule has 1 amide bonds. The van der Waals surface area contributed by atoms with E-state index in [0.717, 1.165) is 6.29 Å². The average Bonchev–Trinajstić information content (AvgIpc) is 2.36. The topological polar surface area (TPSA) is 142 Å². The Balaban J connectivity index is 0. The average molecular weight is 294 g/mol. The maximum atomic E-state index is 11.3. The minimum absolute atomic E-state index is 0.476. The maximum Gasteiger partial charge on any atom is 0.408 e. The maximum absolute atomic E-state index is 11.3. The van der Waals surface area contributed by atoms with Gasteiger partial charge in [-0.05, 0) is 27.3 Å². The third kappa shape index (κ3) is 10.7. The van der Waals surface area contributed by atoms with Crippen LogP contribution in [0.15, 0.2) is 0 Å². The zero-order chi connectivity index (χ0) is 16.2. The summed E-state index contributed by atoms with van der Waals surface area (Å²) in [5.41, 5.74) is 2.80. The first kappa shape index (κ1) is 21.1. The molecule has 0 atom stereocenters. The summed E-state index contributed by atoms with van der Waals surface area (Å²) in [4.78, 5) is 20.6. The van der Waals surface area contributed by atoms with Crippen LogP contribution in [0.25, 0.3) is 0 Å². The van der Waals surface area contributed by atoms with Gasteiger partial charge in [0, 0.05) is 6.42 Å². The quantitative estimate of drug-likeness (QED) is 0.386. The molecule has 0 radical (unpaired) electrons. The van der Waals surface area contributed by atoms with Gasteiger partial charge >= 0.3 is 6.09 Å². The first-order chi connectivity index (χ1) is 9.20. The van der Waals surface area contributed by atoms with Crippen LogP contribution in [-0.2, 0) is 9.53 Å². The van der Waals surface area contributed by atoms with E-state index in [4.69, 9.17) is 25.8 Å². The van der Waals surface area contributed by atoms with E-state index in [1.807, 2.05) is 0 Å². The molecule has 0 saturated carbocycles. The van der Waals surface area contributed by atoms with Gasteiger partial charge in [-0.1, -0.05) is 0 Å². The van der Waals surface area contributed by atoms with Gasteiger partial charge in [0.2, 0.25) is 0 Å². The first-order valence-corrected chi connectivity index (χ1v) is 6.17. The molecule has 120 valence electrons. The number of rotatable bonds is 6. The smallest absolute Gasteiger partial charge is 0.408 e. The monoisotopic (exact) mass is 294 g/mol. The molecule has 0 aliphatic rings. The summed E-state index contributed by atoms with van der Waals surface area (Å²) in [6.45, 7) is 3.82. The van der Waals surface area contributed by atoms with Crippen LogP contribution in [0.3, 0.4) is 0 Å². The molecule has 0 bridgehead atoms. The highest BCUT2D eigenvalue weighted by atomic mass is 16.6. The lowest BCUT2D eigenvalue weighted by molar-refractivity contribution is -0.107. The third-order valence-electron chi connectivity index (χ3n) is 1.96. The van der Waals surface area contributed by atoms with E-state index in [9.17, 15) is 9.59 Å². The Kier molecular flexibility index (Phi) is 11.1. The largest absolute Gasteiger partial charge is 0.444 e. The van der Waals surface area contributed by atoms with Crippen LogP contribution >= 0.6 is 0 Å². The number of carbonyl (C=O) groups excluding carboxylic acids is 2. The fraction of sp³-hybridized carbons (Fsp3) is 0.833. The molecule has 8 nitrogen and oxygen atoms in total. The van der Waals surface area contributed by atoms with Crippen molar-refractivity contribution < 1.29 is 29.6 Å². The summed E-state index contributed by atoms with van der Waals surface area (Å²) in [5.74, 6) is 0. The highest BCUT2D eigenvalue weighted by molar-refractivity contribution is 5.68. The minimum atomic E-state index is -1.44. The number of ether oxygens (including phenoxy) is 1. The number of carbonyl (C=O) groups is 2. The Bertz CT molecular complexity index is 265. The number of nitrogens with one attached hydrogen (secondary N) is 1. The van der Waals surface area contributed by atoms with Crippen LogP contribution in [0.1, 0.15) is 27.2 Å². The van der Waals surface area contributed by atoms with E-state index in [1.165, 1.54) is 0 Å². The lowest BCUT2D eigenvalue weighted by Gasteiger charge is -2.30. The van der Waals surface area contributed by atoms with E-state index in [0.29, 0.717) is 13.0 Å². The van der Waals surface area contributed by atoms with E-state index in [1.54, 1.807) is 20.8 Å². The van der Waals surface area contributed by atoms with Gasteiger partial charge in [-0.3, -0.25) is 0 Å². The second-order valence-electron chi connectivity index (χ2n) is 5.13. The van der Waals surface area contributed by atoms with Crippen molar-refractivity contribution in [3.05, 3.63) is 0 Å². The molecule has 8 heteroatoms. The molecule has 6 N–H and O–H groups in total. The van der Waals surface area contributed by atoms with Crippen molar-refractivity contribution in [1.82, 2.24) is 5.32 Å². The molecule has 0 aliphatic heterocycles. The molecule has 0 heterocycles. The summed E-state index contributed by atoms with van der Waals surface area (Å²) in [5, 5.41) is 29.0. The van der Waals surface area contributed by atoms with Gasteiger partial charge < -0.3 is 35.9 Å². The summed E-state index contributed by atoms with van der Waals surface area (Å²) >= 11 is 0. The van der Waals surface area contributed by atoms with Gasteiger partial charge in [-0.15, -0.1) is 0 Å². The molecule has 0 aromatic carbocycles. The van der Waals surface area contributed by atoms with E-state index in [-0.39, 0.29) is 0 Å². The Morgan fingerprint density at radius 3 is 1.85 bits per heavy atom. The van der Waals surface area contributed by atoms with Crippen LogP contribution in [0.2, 0.25) is 0 Å². The lowest BCUT2D eigenvalue weighted by atomic mass is 10.0. The highest BCUT2D eigenvalue weighted by Crippen LogP contribution is 2.09. The second-order valence-corrected chi connectivity index (χ2v) is 5.13. The predicted molar refractivity (Wildman–Crippen MR) is 73.1 cm³/mol. The van der Waals surface area contributed by atoms with Crippen molar-refractivity contribution in [2.75, 3.05) is 26.4 Å². The molecule has 0 rings (SSSR count). The normalized spacial score (nSPS) is 11.2. The molecule has 20 heavy (non-hydrogen) atoms. The molecular weight excluding hydrogens is 268 g/mol. The number of aliphatic hydroxyl groups excluding tert-OH is 3. The number of amides is 1. The number of aldehydes is 1. The van der Waals surface area contributed by atoms with Crippen molar-refractivity contribution in [2.45, 2.75) is 38.3 Å². The second kappa shape index (κ2) is 10.6. The van der Waals surface area contributed by atoms with Crippen LogP contribution in [0.4, 0.5) is 4.79 Å². The number of alkyl carbamates (subject to hydrolysis) is 1. The molecule has 0 aliphatic carbocycles. The molecule has 0 fully saturated rings. The van der Waals surface area contributed by atoms with E-state index >= 15 is 0 Å². The first-order valence-electron chi connectivity index (χ1n) is 6.17. The number of nitrogens with two attached hydrogens (primary N) is 1. The summed E-state index contributed by atoms with van der Waals surface area (Å²) in [6.07, 6.45) is 0.500. The molecule has 0 saturated heterocycles. The van der Waals surface area contributed by atoms with Crippen molar-refractivity contribution in [3.8, 4) is 0 Å². The minimum Gasteiger partial charge on any atom is -0.444 e. The van der Waals surface area contributed by atoms with Crippen LogP contribution < -0.4 is 11.1 Å². The van der Waals surface area contributed by atoms with Crippen LogP contribution in [0, 0.1) is 0 Å². The Morgan fingerprint density at radius 1 is 1.20 bits per heavy atom. The predicted octanol–water partition coefficient (Wildman–Crippen LogP) is -1.24. The van der Waals surface area contributed by atoms with Crippen molar-refractivity contribution in [1.29, 1.82) is 0 Å². The number of aliphatic hydroxyl groups is 3. The SMILES string of the molecule is CC(C)(C)OC(=O)NC(CO)(CO)CO.NCCC=O. The van der Waals surface area contributed by atoms with Crippen molar-refractivity contribution in [2.24, 2.45) is 5.73 Å². The lowest BCUT2D eigenvalue weighted by Crippen LogP contribution is -2.57. The summed E-state index contributed by atoms with van der Waals surface area (Å²) in [6, 6.07) is 0. The standard InChI is InChI=1S/C9H19NO5.C3H7NO/c1-8(2,3)15-7(14)10-9(4-11,5-12)6-13;4-2-1-3-5/h11-13H,4-6H2,1-3H3,(H,10,14);3H,1-2,4H2. The van der Waals surface area contributed by atoms with Crippen LogP contribution in [0.5, 0.6) is 0 Å². The molecule has 0 aromatic heterocycles. The Morgan fingerprint density at radius 2 is 1.65 bits per heavy atom. The molecule has 0 spiro atoms. The highest BCUT2D eigenvalue weighted by Gasteiger charge is 2.31. The van der Waals surface area contributed by atoms with Crippen molar-refractivity contribution >= 4 is 12.4 Å². The van der Waals surface area contributed by atoms with Gasteiger partial charge in [0.15, 0.2) is 0 Å². The fourth-order valence-corrected chi connectivity index (χ4v) is 0.857. The molecule has 0 unspecified atom stereocenters. The van der Waals surface area contributed by atoms with Gasteiger partial charge in [0.25, 0.3) is 0 Å². The fourth-order valence-electron chi connectivity index (χ4n) is 0.857. The number of hydrogen-bond acceptors (Lipinski definition) is 7. The summed E-state index contributed by atoms with van der Waals surface area (Å²) < 4.78 is 4.92. The molecule has 0 aromatic rings. The van der Waals surface area contributed by atoms with E-state index < -0.39 is 37.1 Å². The van der Waals surface area contributed by atoms with Gasteiger partial charge in [0.05, 0.1) is 19.8 Å². The van der Waals surface area contributed by atoms with Gasteiger partial charge in [-0.2, -0.15) is 0 Å². The zero-order valence-electron chi connectivity index (χ0n) is 12.3. The van der Waals surface area contributed by atoms with E-state index in [2.05, 4.69) is 5.32 Å². The third-order valence-corrected chi connectivity index (χ3v) is 1.96. The summed E-state index contributed by atoms with van der Waals surface area (Å²) in [7, 11) is 0. The van der Waals surface area contributed by atoms with Gasteiger partial charge in [0.1, 0.15) is 17.4 Å². The molecular formula is C12H26N2O6.